The molecule has 0 saturated heterocycles. The first-order chi connectivity index (χ1) is 47.5. The summed E-state index contributed by atoms with van der Waals surface area (Å²) < 4.78 is 4.79. The van der Waals surface area contributed by atoms with Crippen LogP contribution >= 0.6 is 0 Å². The van der Waals surface area contributed by atoms with Gasteiger partial charge in [0.1, 0.15) is 17.8 Å². The van der Waals surface area contributed by atoms with Gasteiger partial charge >= 0.3 is 0 Å². The third-order valence-electron chi connectivity index (χ3n) is 22.1. The molecular formula is C88H54N8. The Bertz CT molecular complexity index is 6810. The minimum absolute atomic E-state index is 0.0536. The van der Waals surface area contributed by atoms with Crippen molar-refractivity contribution >= 4 is 181 Å². The number of hydrogen-bond acceptors (Lipinski definition) is 6. The maximum atomic E-state index is 5.86. The number of para-hydroxylation sites is 2. The van der Waals surface area contributed by atoms with Gasteiger partial charge in [-0.25, -0.2) is 15.0 Å². The molecule has 0 saturated carbocycles. The first-order valence-corrected chi connectivity index (χ1v) is 33.6. The van der Waals surface area contributed by atoms with E-state index in [1.165, 1.54) is 130 Å². The zero-order valence-electron chi connectivity index (χ0n) is 51.9. The molecule has 2 aromatic heterocycles. The third-order valence-corrected chi connectivity index (χ3v) is 22.1. The zero-order chi connectivity index (χ0) is 62.2. The van der Waals surface area contributed by atoms with Crippen molar-refractivity contribution in [3.8, 4) is 0 Å². The molecule has 8 nitrogen and oxygen atoms in total. The predicted octanol–water partition coefficient (Wildman–Crippen LogP) is 19.6. The monoisotopic (exact) mass is 1220 g/mol. The number of benzene rings is 17. The SMILES string of the molecule is C1=c2ccc3cccc4ccc(c2c43)CC1C1=NC(c2cc3c4c(ccc5cccc(c54)CC3)c2)=NC(n2c3ccccc3c3c4c(ccc32)c2ccccc2n4C2=NC(c3cc4ccc5cccc6ccc(c3)c4c56)NC(c3cc4ccc5cccc6ccc(c3)c4c56)=N2)N1. The molecule has 3 unspecified atom stereocenters. The van der Waals surface area contributed by atoms with Crippen LogP contribution in [-0.2, 0) is 19.3 Å². The highest BCUT2D eigenvalue weighted by molar-refractivity contribution is 6.30. The van der Waals surface area contributed by atoms with Crippen LogP contribution in [0.4, 0.5) is 0 Å². The number of rotatable bonds is 5. The Morgan fingerprint density at radius 1 is 0.354 bits per heavy atom. The highest BCUT2D eigenvalue weighted by Crippen LogP contribution is 2.45. The van der Waals surface area contributed by atoms with E-state index in [-0.39, 0.29) is 5.92 Å². The first-order valence-electron chi connectivity index (χ1n) is 33.6. The molecule has 0 bridgehead atoms. The summed E-state index contributed by atoms with van der Waals surface area (Å²) >= 11 is 0. The average molecular weight is 1220 g/mol. The van der Waals surface area contributed by atoms with E-state index in [1.807, 2.05) is 0 Å². The molecule has 0 fully saturated rings. The van der Waals surface area contributed by atoms with Gasteiger partial charge in [-0.2, -0.15) is 4.99 Å². The molecule has 2 aliphatic heterocycles. The van der Waals surface area contributed by atoms with Crippen molar-refractivity contribution in [3.63, 3.8) is 0 Å². The van der Waals surface area contributed by atoms with Crippen LogP contribution in [0.15, 0.2) is 275 Å². The minimum Gasteiger partial charge on any atom is -0.344 e. The van der Waals surface area contributed by atoms with E-state index in [9.17, 15) is 0 Å². The summed E-state index contributed by atoms with van der Waals surface area (Å²) in [5.41, 5.74) is 11.4. The maximum absolute atomic E-state index is 5.86. The molecular weight excluding hydrogens is 1170 g/mol. The Morgan fingerprint density at radius 2 is 0.896 bits per heavy atom. The number of amidine groups is 3. The molecule has 19 aromatic rings. The minimum atomic E-state index is -0.581. The van der Waals surface area contributed by atoms with Crippen LogP contribution in [0.1, 0.15) is 45.8 Å². The molecule has 2 N–H and O–H groups in total. The first kappa shape index (κ1) is 51.3. The Kier molecular flexibility index (Phi) is 10.0. The molecule has 8 heteroatoms. The van der Waals surface area contributed by atoms with Crippen LogP contribution < -0.4 is 15.9 Å². The van der Waals surface area contributed by atoms with Crippen LogP contribution in [0.5, 0.6) is 0 Å². The summed E-state index contributed by atoms with van der Waals surface area (Å²) in [6.07, 6.45) is 4.13. The van der Waals surface area contributed by atoms with Crippen molar-refractivity contribution in [2.75, 3.05) is 0 Å². The lowest BCUT2D eigenvalue weighted by molar-refractivity contribution is 0.505. The molecule has 0 amide bonds. The van der Waals surface area contributed by atoms with E-state index in [0.29, 0.717) is 5.96 Å². The predicted molar refractivity (Wildman–Crippen MR) is 401 cm³/mol. The summed E-state index contributed by atoms with van der Waals surface area (Å²) in [4.78, 5) is 23.2. The van der Waals surface area contributed by atoms with E-state index in [1.54, 1.807) is 0 Å². The van der Waals surface area contributed by atoms with Crippen molar-refractivity contribution in [1.82, 2.24) is 19.8 Å². The van der Waals surface area contributed by atoms with Gasteiger partial charge in [-0.1, -0.05) is 206 Å². The van der Waals surface area contributed by atoms with Gasteiger partial charge in [-0.3, -0.25) is 4.57 Å². The number of nitrogens with zero attached hydrogens (tertiary/aromatic N) is 6. The van der Waals surface area contributed by atoms with Gasteiger partial charge in [0.05, 0.1) is 22.1 Å². The number of aromatic nitrogens is 2. The Morgan fingerprint density at radius 3 is 1.59 bits per heavy atom. The van der Waals surface area contributed by atoms with Crippen LogP contribution in [0.3, 0.4) is 0 Å². The number of aryl methyl sites for hydroxylation is 2. The van der Waals surface area contributed by atoms with Crippen molar-refractivity contribution in [3.05, 3.63) is 293 Å². The second-order valence-electron chi connectivity index (χ2n) is 27.2. The fraction of sp³-hybridized carbons (Fsp3) is 0.0682. The molecule has 17 aromatic carbocycles. The molecule has 2 aliphatic carbocycles. The molecule has 4 heterocycles. The number of nitrogens with one attached hydrogen (secondary N) is 2. The zero-order valence-corrected chi connectivity index (χ0v) is 51.9. The summed E-state index contributed by atoms with van der Waals surface area (Å²) in [6.45, 7) is 0. The van der Waals surface area contributed by atoms with Gasteiger partial charge in [0, 0.05) is 38.6 Å². The van der Waals surface area contributed by atoms with Crippen molar-refractivity contribution in [2.24, 2.45) is 25.9 Å². The number of fused-ring (bicyclic) bond motifs is 7. The molecule has 96 heavy (non-hydrogen) atoms. The van der Waals surface area contributed by atoms with Gasteiger partial charge in [0.2, 0.25) is 12.2 Å². The Balaban J connectivity index is 0.753. The van der Waals surface area contributed by atoms with Gasteiger partial charge in [0.15, 0.2) is 5.84 Å². The van der Waals surface area contributed by atoms with Crippen LogP contribution in [-0.4, -0.2) is 32.6 Å². The number of aliphatic imine (C=N–C) groups is 4. The fourth-order valence-electron chi connectivity index (χ4n) is 18.0. The van der Waals surface area contributed by atoms with Gasteiger partial charge in [-0.05, 0) is 209 Å². The highest BCUT2D eigenvalue weighted by atomic mass is 15.3. The van der Waals surface area contributed by atoms with E-state index < -0.39 is 12.5 Å². The quantitative estimate of drug-likeness (QED) is 0.168. The topological polar surface area (TPSA) is 83.4 Å². The number of hydrogen-bond donors (Lipinski definition) is 2. The lowest BCUT2D eigenvalue weighted by Gasteiger charge is -2.30. The van der Waals surface area contributed by atoms with Crippen molar-refractivity contribution < 1.29 is 0 Å². The molecule has 0 spiro atoms. The fourth-order valence-corrected chi connectivity index (χ4v) is 18.0. The van der Waals surface area contributed by atoms with E-state index >= 15 is 0 Å². The standard InChI is InChI=1S/C88H54N8/c1-3-19-70-67(17-1)68-37-38-72-81(82(68)96(70)88-93-85(65-43-59-33-25-51-13-7-14-52-26-34-60(44-65)79(59)75(51)52)90-86(94-88)66-45-61-35-27-53-15-8-16-54-28-36-62(46-66)80(61)76(53)54)69-18-2-4-20-71(69)95(72)87-91-83(63-39-55-29-21-47-9-5-10-48-22-30-56(40-63)77(55)73(47)48)89-84(92-87)64-41-57-31-23-49-11-6-12-50-24-32-58(42-64)78(57)74(49)50/h1-23,25-31,33-39,41-46,63,85,87H,24,32,40H2,(H,89,91,92)(H,90,93,94). The van der Waals surface area contributed by atoms with Crippen molar-refractivity contribution in [1.29, 1.82) is 0 Å². The second-order valence-corrected chi connectivity index (χ2v) is 27.2. The smallest absolute Gasteiger partial charge is 0.234 e. The molecule has 0 radical (unpaired) electrons. The summed E-state index contributed by atoms with van der Waals surface area (Å²) in [6, 6.07) is 95.0. The largest absolute Gasteiger partial charge is 0.344 e. The molecule has 3 atom stereocenters. The van der Waals surface area contributed by atoms with Gasteiger partial charge in [0.25, 0.3) is 0 Å². The van der Waals surface area contributed by atoms with Crippen LogP contribution in [0.2, 0.25) is 0 Å². The maximum Gasteiger partial charge on any atom is 0.234 e. The van der Waals surface area contributed by atoms with Crippen LogP contribution in [0.25, 0.3) is 157 Å². The van der Waals surface area contributed by atoms with E-state index in [2.05, 4.69) is 281 Å². The third kappa shape index (κ3) is 7.06. The molecule has 446 valence electrons. The lowest BCUT2D eigenvalue weighted by atomic mass is 9.84. The van der Waals surface area contributed by atoms with Gasteiger partial charge in [-0.15, -0.1) is 0 Å². The second kappa shape index (κ2) is 18.7. The van der Waals surface area contributed by atoms with Crippen LogP contribution in [0, 0.1) is 5.92 Å². The van der Waals surface area contributed by atoms with E-state index in [4.69, 9.17) is 20.0 Å². The summed E-state index contributed by atoms with van der Waals surface area (Å²) in [5, 5.41) is 39.1. The van der Waals surface area contributed by atoms with Gasteiger partial charge < -0.3 is 15.2 Å². The molecule has 23 rings (SSSR count). The van der Waals surface area contributed by atoms with Crippen molar-refractivity contribution in [2.45, 2.75) is 31.7 Å². The average Bonchev–Trinajstić information content (AvgIpc) is 1.54. The normalized spacial score (nSPS) is 17.2. The lowest BCUT2D eigenvalue weighted by Crippen LogP contribution is -2.41. The summed E-state index contributed by atoms with van der Waals surface area (Å²) in [5.74, 6) is 2.94. The van der Waals surface area contributed by atoms with E-state index in [0.717, 1.165) is 97.1 Å². The highest BCUT2D eigenvalue weighted by Gasteiger charge is 2.33. The summed E-state index contributed by atoms with van der Waals surface area (Å²) in [7, 11) is 0. The Labute approximate surface area is 548 Å². The molecule has 4 aliphatic rings. The Hall–Kier alpha value is -12.3.